The molecule has 0 fully saturated rings. The summed E-state index contributed by atoms with van der Waals surface area (Å²) in [6.45, 7) is 4.35. The third-order valence-electron chi connectivity index (χ3n) is 2.36. The van der Waals surface area contributed by atoms with Crippen molar-refractivity contribution in [3.05, 3.63) is 24.0 Å². The molecular formula is C12H18N4O2. The Kier molecular flexibility index (Phi) is 5.10. The summed E-state index contributed by atoms with van der Waals surface area (Å²) in [6, 6.07) is 2.84. The maximum Gasteiger partial charge on any atom is 0.270 e. The third kappa shape index (κ3) is 3.73. The van der Waals surface area contributed by atoms with Crippen LogP contribution in [0.5, 0.6) is 0 Å². The highest BCUT2D eigenvalue weighted by molar-refractivity contribution is 5.96. The first-order valence-corrected chi connectivity index (χ1v) is 5.80. The molecule has 0 aromatic carbocycles. The van der Waals surface area contributed by atoms with Crippen LogP contribution in [0, 0.1) is 0 Å². The van der Waals surface area contributed by atoms with Crippen LogP contribution in [0.4, 0.5) is 5.69 Å². The van der Waals surface area contributed by atoms with Crippen molar-refractivity contribution in [3.8, 4) is 0 Å². The average Bonchev–Trinajstić information content (AvgIpc) is 2.38. The van der Waals surface area contributed by atoms with Crippen molar-refractivity contribution in [2.24, 2.45) is 0 Å². The van der Waals surface area contributed by atoms with Crippen LogP contribution in [0.25, 0.3) is 0 Å². The van der Waals surface area contributed by atoms with E-state index in [1.54, 1.807) is 25.3 Å². The van der Waals surface area contributed by atoms with Crippen LogP contribution in [0.3, 0.4) is 0 Å². The number of nitrogens with zero attached hydrogens (tertiary/aromatic N) is 1. The second kappa shape index (κ2) is 6.58. The van der Waals surface area contributed by atoms with E-state index < -0.39 is 6.04 Å². The Morgan fingerprint density at radius 2 is 2.17 bits per heavy atom. The normalized spacial score (nSPS) is 11.5. The van der Waals surface area contributed by atoms with Crippen molar-refractivity contribution >= 4 is 17.5 Å². The highest BCUT2D eigenvalue weighted by atomic mass is 16.2. The average molecular weight is 250 g/mol. The predicted molar refractivity (Wildman–Crippen MR) is 69.4 cm³/mol. The molecule has 0 aliphatic carbocycles. The molecule has 0 aliphatic heterocycles. The molecular weight excluding hydrogens is 232 g/mol. The van der Waals surface area contributed by atoms with E-state index in [-0.39, 0.29) is 17.5 Å². The fraction of sp³-hybridized carbons (Fsp3) is 0.417. The molecule has 1 aromatic heterocycles. The van der Waals surface area contributed by atoms with Gasteiger partial charge in [0.05, 0.1) is 0 Å². The second-order valence-corrected chi connectivity index (χ2v) is 3.77. The molecule has 0 saturated heterocycles. The van der Waals surface area contributed by atoms with Gasteiger partial charge in [0.1, 0.15) is 11.7 Å². The smallest absolute Gasteiger partial charge is 0.270 e. The molecule has 98 valence electrons. The third-order valence-corrected chi connectivity index (χ3v) is 2.36. The van der Waals surface area contributed by atoms with Crippen molar-refractivity contribution in [2.45, 2.75) is 19.9 Å². The molecule has 1 unspecified atom stereocenters. The summed E-state index contributed by atoms with van der Waals surface area (Å²) < 4.78 is 0. The van der Waals surface area contributed by atoms with E-state index in [0.29, 0.717) is 0 Å². The van der Waals surface area contributed by atoms with Crippen molar-refractivity contribution in [1.82, 2.24) is 15.6 Å². The second-order valence-electron chi connectivity index (χ2n) is 3.77. The monoisotopic (exact) mass is 250 g/mol. The molecule has 0 spiro atoms. The van der Waals surface area contributed by atoms with E-state index in [1.165, 1.54) is 7.05 Å². The van der Waals surface area contributed by atoms with Gasteiger partial charge in [-0.15, -0.1) is 0 Å². The molecule has 1 rings (SSSR count). The van der Waals surface area contributed by atoms with Crippen molar-refractivity contribution in [2.75, 3.05) is 18.9 Å². The van der Waals surface area contributed by atoms with Gasteiger partial charge >= 0.3 is 0 Å². The number of amides is 2. The number of carbonyl (C=O) groups excluding carboxylic acids is 2. The van der Waals surface area contributed by atoms with E-state index in [0.717, 1.165) is 12.2 Å². The summed E-state index contributed by atoms with van der Waals surface area (Å²) in [4.78, 5) is 27.1. The highest BCUT2D eigenvalue weighted by Gasteiger charge is 2.16. The lowest BCUT2D eigenvalue weighted by molar-refractivity contribution is -0.122. The minimum absolute atomic E-state index is 0.244. The van der Waals surface area contributed by atoms with E-state index >= 15 is 0 Å². The minimum atomic E-state index is -0.591. The van der Waals surface area contributed by atoms with Crippen LogP contribution in [-0.4, -0.2) is 36.4 Å². The summed E-state index contributed by atoms with van der Waals surface area (Å²) in [5.41, 5.74) is 1.11. The number of hydrogen-bond acceptors (Lipinski definition) is 4. The lowest BCUT2D eigenvalue weighted by Gasteiger charge is -2.12. The number of nitrogens with one attached hydrogen (secondary N) is 3. The number of hydrogen-bond donors (Lipinski definition) is 3. The molecule has 18 heavy (non-hydrogen) atoms. The standard InChI is InChI=1S/C12H18N4O2/c1-4-14-9-5-6-15-10(7-9)12(18)16-8(2)11(17)13-3/h5-8H,4H2,1-3H3,(H,13,17)(H,14,15)(H,16,18). The van der Waals surface area contributed by atoms with E-state index in [1.807, 2.05) is 6.92 Å². The lowest BCUT2D eigenvalue weighted by atomic mass is 10.2. The molecule has 3 N–H and O–H groups in total. The van der Waals surface area contributed by atoms with Crippen LogP contribution in [0.15, 0.2) is 18.3 Å². The van der Waals surface area contributed by atoms with Crippen molar-refractivity contribution in [3.63, 3.8) is 0 Å². The number of pyridine rings is 1. The molecule has 0 aliphatic rings. The summed E-state index contributed by atoms with van der Waals surface area (Å²) >= 11 is 0. The first kappa shape index (κ1) is 14.0. The van der Waals surface area contributed by atoms with Gasteiger partial charge in [-0.2, -0.15) is 0 Å². The maximum atomic E-state index is 11.9. The summed E-state index contributed by atoms with van der Waals surface area (Å²) in [7, 11) is 1.52. The zero-order valence-electron chi connectivity index (χ0n) is 10.8. The van der Waals surface area contributed by atoms with Gasteiger partial charge in [-0.05, 0) is 26.0 Å². The molecule has 0 bridgehead atoms. The van der Waals surface area contributed by atoms with Crippen LogP contribution in [0.2, 0.25) is 0 Å². The minimum Gasteiger partial charge on any atom is -0.385 e. The number of aromatic nitrogens is 1. The Morgan fingerprint density at radius 1 is 1.44 bits per heavy atom. The molecule has 1 atom stereocenters. The van der Waals surface area contributed by atoms with E-state index in [9.17, 15) is 9.59 Å². The Bertz CT molecular complexity index is 434. The fourth-order valence-corrected chi connectivity index (χ4v) is 1.42. The number of anilines is 1. The molecule has 1 aromatic rings. The van der Waals surface area contributed by atoms with Crippen LogP contribution >= 0.6 is 0 Å². The van der Waals surface area contributed by atoms with Gasteiger partial charge in [0.15, 0.2) is 0 Å². The van der Waals surface area contributed by atoms with Crippen molar-refractivity contribution in [1.29, 1.82) is 0 Å². The highest BCUT2D eigenvalue weighted by Crippen LogP contribution is 2.07. The molecule has 6 heteroatoms. The Labute approximate surface area is 106 Å². The maximum absolute atomic E-state index is 11.9. The van der Waals surface area contributed by atoms with Gasteiger partial charge in [0.2, 0.25) is 5.91 Å². The quantitative estimate of drug-likeness (QED) is 0.705. The van der Waals surface area contributed by atoms with Crippen LogP contribution in [-0.2, 0) is 4.79 Å². The zero-order valence-corrected chi connectivity index (χ0v) is 10.8. The topological polar surface area (TPSA) is 83.1 Å². The largest absolute Gasteiger partial charge is 0.385 e. The Morgan fingerprint density at radius 3 is 2.78 bits per heavy atom. The fourth-order valence-electron chi connectivity index (χ4n) is 1.42. The van der Waals surface area contributed by atoms with E-state index in [4.69, 9.17) is 0 Å². The van der Waals surface area contributed by atoms with Gasteiger partial charge in [0.25, 0.3) is 5.91 Å². The van der Waals surface area contributed by atoms with Crippen LogP contribution in [0.1, 0.15) is 24.3 Å². The van der Waals surface area contributed by atoms with Crippen LogP contribution < -0.4 is 16.0 Å². The Balaban J connectivity index is 2.72. The summed E-state index contributed by atoms with van der Waals surface area (Å²) in [5, 5.41) is 8.13. The number of rotatable bonds is 5. The molecule has 0 radical (unpaired) electrons. The summed E-state index contributed by atoms with van der Waals surface area (Å²) in [5.74, 6) is -0.614. The predicted octanol–water partition coefficient (Wildman–Crippen LogP) is 0.378. The van der Waals surface area contributed by atoms with E-state index in [2.05, 4.69) is 20.9 Å². The molecule has 6 nitrogen and oxygen atoms in total. The van der Waals surface area contributed by atoms with Gasteiger partial charge in [-0.25, -0.2) is 0 Å². The summed E-state index contributed by atoms with van der Waals surface area (Å²) in [6.07, 6.45) is 1.55. The van der Waals surface area contributed by atoms with Gasteiger partial charge in [0, 0.05) is 25.5 Å². The SMILES string of the molecule is CCNc1ccnc(C(=O)NC(C)C(=O)NC)c1. The Hall–Kier alpha value is -2.11. The van der Waals surface area contributed by atoms with Gasteiger partial charge in [-0.3, -0.25) is 14.6 Å². The first-order valence-electron chi connectivity index (χ1n) is 5.80. The zero-order chi connectivity index (χ0) is 13.5. The van der Waals surface area contributed by atoms with Gasteiger partial charge < -0.3 is 16.0 Å². The molecule has 0 saturated carbocycles. The first-order chi connectivity index (χ1) is 8.58. The number of carbonyl (C=O) groups is 2. The molecule has 1 heterocycles. The molecule has 2 amide bonds. The number of likely N-dealkylation sites (N-methyl/N-ethyl adjacent to an activating group) is 1. The van der Waals surface area contributed by atoms with Gasteiger partial charge in [-0.1, -0.05) is 0 Å². The van der Waals surface area contributed by atoms with Crippen molar-refractivity contribution < 1.29 is 9.59 Å². The lowest BCUT2D eigenvalue weighted by Crippen LogP contribution is -2.43.